The van der Waals surface area contributed by atoms with E-state index in [0.717, 1.165) is 19.4 Å². The first-order valence-electron chi connectivity index (χ1n) is 10.3. The number of benzene rings is 2. The lowest BCUT2D eigenvalue weighted by Gasteiger charge is -2.14. The number of halogens is 1. The van der Waals surface area contributed by atoms with Crippen LogP contribution < -0.4 is 14.8 Å². The number of carbonyl (C=O) groups is 1. The van der Waals surface area contributed by atoms with Crippen molar-refractivity contribution in [3.05, 3.63) is 52.5 Å². The van der Waals surface area contributed by atoms with Crippen molar-refractivity contribution in [2.75, 3.05) is 18.5 Å². The standard InChI is InChI=1S/C22H27BrN2O5S/c1-3-15(2)25-31(27,28)19-9-7-17(8-10-19)24-22(26)16-6-11-21(20(23)13-16)30-14-18-5-4-12-29-18/h6-11,13,15,18,25H,3-5,12,14H2,1-2H3,(H,24,26). The number of amides is 1. The summed E-state index contributed by atoms with van der Waals surface area (Å²) in [6, 6.07) is 11.0. The molecule has 31 heavy (non-hydrogen) atoms. The molecule has 2 N–H and O–H groups in total. The summed E-state index contributed by atoms with van der Waals surface area (Å²) in [6.07, 6.45) is 2.85. The average molecular weight is 511 g/mol. The van der Waals surface area contributed by atoms with Crippen LogP contribution in [0, 0.1) is 0 Å². The van der Waals surface area contributed by atoms with Crippen LogP contribution in [0.5, 0.6) is 5.75 Å². The zero-order valence-electron chi connectivity index (χ0n) is 17.6. The highest BCUT2D eigenvalue weighted by atomic mass is 79.9. The fourth-order valence-corrected chi connectivity index (χ4v) is 4.87. The number of carbonyl (C=O) groups excluding carboxylic acids is 1. The van der Waals surface area contributed by atoms with Gasteiger partial charge in [-0.15, -0.1) is 0 Å². The number of anilines is 1. The maximum atomic E-state index is 12.6. The molecule has 9 heteroatoms. The van der Waals surface area contributed by atoms with Crippen LogP contribution in [0.1, 0.15) is 43.5 Å². The molecule has 1 saturated heterocycles. The van der Waals surface area contributed by atoms with Crippen LogP contribution >= 0.6 is 15.9 Å². The first kappa shape index (κ1) is 23.7. The van der Waals surface area contributed by atoms with Crippen LogP contribution in [-0.4, -0.2) is 39.7 Å². The second kappa shape index (κ2) is 10.6. The molecule has 0 saturated carbocycles. The van der Waals surface area contributed by atoms with Crippen molar-refractivity contribution in [1.29, 1.82) is 0 Å². The van der Waals surface area contributed by atoms with Gasteiger partial charge in [0, 0.05) is 23.9 Å². The minimum absolute atomic E-state index is 0.113. The van der Waals surface area contributed by atoms with Crippen LogP contribution in [-0.2, 0) is 14.8 Å². The van der Waals surface area contributed by atoms with Crippen LogP contribution in [0.2, 0.25) is 0 Å². The van der Waals surface area contributed by atoms with Gasteiger partial charge in [-0.05, 0) is 84.6 Å². The molecule has 2 aromatic rings. The van der Waals surface area contributed by atoms with E-state index < -0.39 is 10.0 Å². The summed E-state index contributed by atoms with van der Waals surface area (Å²) in [7, 11) is -3.58. The smallest absolute Gasteiger partial charge is 0.255 e. The van der Waals surface area contributed by atoms with Gasteiger partial charge in [0.15, 0.2) is 0 Å². The third-order valence-corrected chi connectivity index (χ3v) is 7.26. The third kappa shape index (κ3) is 6.52. The number of ether oxygens (including phenoxy) is 2. The number of hydrogen-bond acceptors (Lipinski definition) is 5. The predicted octanol–water partition coefficient (Wildman–Crippen LogP) is 4.34. The molecule has 1 aliphatic heterocycles. The summed E-state index contributed by atoms with van der Waals surface area (Å²) in [6.45, 7) is 4.97. The second-order valence-electron chi connectivity index (χ2n) is 7.50. The van der Waals surface area contributed by atoms with E-state index in [9.17, 15) is 13.2 Å². The Morgan fingerprint density at radius 2 is 2.00 bits per heavy atom. The van der Waals surface area contributed by atoms with E-state index in [1.54, 1.807) is 30.3 Å². The first-order valence-corrected chi connectivity index (χ1v) is 12.5. The van der Waals surface area contributed by atoms with Crippen LogP contribution in [0.15, 0.2) is 51.8 Å². The highest BCUT2D eigenvalue weighted by molar-refractivity contribution is 9.10. The maximum Gasteiger partial charge on any atom is 0.255 e. The SMILES string of the molecule is CCC(C)NS(=O)(=O)c1ccc(NC(=O)c2ccc(OCC3CCCO3)c(Br)c2)cc1. The number of hydrogen-bond donors (Lipinski definition) is 2. The molecule has 1 aliphatic rings. The van der Waals surface area contributed by atoms with Crippen molar-refractivity contribution in [3.8, 4) is 5.75 Å². The van der Waals surface area contributed by atoms with Gasteiger partial charge in [0.2, 0.25) is 10.0 Å². The highest BCUT2D eigenvalue weighted by Gasteiger charge is 2.18. The lowest BCUT2D eigenvalue weighted by molar-refractivity contribution is 0.0677. The summed E-state index contributed by atoms with van der Waals surface area (Å²) < 4.78 is 39.3. The molecule has 1 amide bonds. The zero-order valence-corrected chi connectivity index (χ0v) is 20.0. The van der Waals surface area contributed by atoms with Gasteiger partial charge in [-0.1, -0.05) is 6.92 Å². The predicted molar refractivity (Wildman–Crippen MR) is 123 cm³/mol. The minimum atomic E-state index is -3.58. The van der Waals surface area contributed by atoms with Crippen LogP contribution in [0.4, 0.5) is 5.69 Å². The van der Waals surface area contributed by atoms with E-state index in [2.05, 4.69) is 26.0 Å². The van der Waals surface area contributed by atoms with Crippen molar-refractivity contribution in [1.82, 2.24) is 4.72 Å². The topological polar surface area (TPSA) is 93.7 Å². The Balaban J connectivity index is 1.61. The summed E-state index contributed by atoms with van der Waals surface area (Å²) >= 11 is 3.45. The van der Waals surface area contributed by atoms with Gasteiger partial charge in [-0.25, -0.2) is 13.1 Å². The molecule has 1 heterocycles. The minimum Gasteiger partial charge on any atom is -0.490 e. The van der Waals surface area contributed by atoms with E-state index in [0.29, 0.717) is 34.5 Å². The van der Waals surface area contributed by atoms with Crippen molar-refractivity contribution in [2.45, 2.75) is 50.2 Å². The van der Waals surface area contributed by atoms with Crippen LogP contribution in [0.3, 0.4) is 0 Å². The van der Waals surface area contributed by atoms with Gasteiger partial charge in [0.1, 0.15) is 12.4 Å². The Morgan fingerprint density at radius 3 is 2.61 bits per heavy atom. The summed E-state index contributed by atoms with van der Waals surface area (Å²) in [5.41, 5.74) is 0.953. The van der Waals surface area contributed by atoms with E-state index in [1.807, 2.05) is 13.8 Å². The maximum absolute atomic E-state index is 12.6. The quantitative estimate of drug-likeness (QED) is 0.523. The molecule has 3 rings (SSSR count). The molecule has 0 bridgehead atoms. The van der Waals surface area contributed by atoms with Crippen molar-refractivity contribution in [2.24, 2.45) is 0 Å². The average Bonchev–Trinajstić information content (AvgIpc) is 3.26. The molecule has 0 radical (unpaired) electrons. The molecule has 0 spiro atoms. The van der Waals surface area contributed by atoms with Gasteiger partial charge in [-0.2, -0.15) is 0 Å². The van der Waals surface area contributed by atoms with Gasteiger partial charge in [0.05, 0.1) is 15.5 Å². The van der Waals surface area contributed by atoms with Gasteiger partial charge >= 0.3 is 0 Å². The van der Waals surface area contributed by atoms with E-state index >= 15 is 0 Å². The monoisotopic (exact) mass is 510 g/mol. The lowest BCUT2D eigenvalue weighted by atomic mass is 10.2. The zero-order chi connectivity index (χ0) is 22.4. The lowest BCUT2D eigenvalue weighted by Crippen LogP contribution is -2.31. The van der Waals surface area contributed by atoms with Crippen molar-refractivity contribution in [3.63, 3.8) is 0 Å². The van der Waals surface area contributed by atoms with E-state index in [-0.39, 0.29) is 22.9 Å². The summed E-state index contributed by atoms with van der Waals surface area (Å²) in [5, 5.41) is 2.78. The Morgan fingerprint density at radius 1 is 1.26 bits per heavy atom. The Bertz CT molecular complexity index is 1010. The highest BCUT2D eigenvalue weighted by Crippen LogP contribution is 2.27. The molecular weight excluding hydrogens is 484 g/mol. The Kier molecular flexibility index (Phi) is 8.10. The first-order chi connectivity index (χ1) is 14.8. The van der Waals surface area contributed by atoms with Gasteiger partial charge in [-0.3, -0.25) is 4.79 Å². The summed E-state index contributed by atoms with van der Waals surface area (Å²) in [5.74, 6) is 0.343. The van der Waals surface area contributed by atoms with Gasteiger partial charge in [0.25, 0.3) is 5.91 Å². The number of nitrogens with one attached hydrogen (secondary N) is 2. The summed E-state index contributed by atoms with van der Waals surface area (Å²) in [4.78, 5) is 12.7. The van der Waals surface area contributed by atoms with Gasteiger partial charge < -0.3 is 14.8 Å². The molecule has 2 unspecified atom stereocenters. The number of sulfonamides is 1. The molecule has 0 aromatic heterocycles. The molecule has 1 fully saturated rings. The molecule has 0 aliphatic carbocycles. The van der Waals surface area contributed by atoms with Crippen LogP contribution in [0.25, 0.3) is 0 Å². The Hall–Kier alpha value is -1.94. The molecular formula is C22H27BrN2O5S. The van der Waals surface area contributed by atoms with Crippen molar-refractivity contribution < 1.29 is 22.7 Å². The fraction of sp³-hybridized carbons (Fsp3) is 0.409. The fourth-order valence-electron chi connectivity index (χ4n) is 3.05. The van der Waals surface area contributed by atoms with E-state index in [1.165, 1.54) is 12.1 Å². The third-order valence-electron chi connectivity index (χ3n) is 5.03. The van der Waals surface area contributed by atoms with Crippen molar-refractivity contribution >= 4 is 37.5 Å². The Labute approximate surface area is 191 Å². The molecule has 7 nitrogen and oxygen atoms in total. The molecule has 2 aromatic carbocycles. The second-order valence-corrected chi connectivity index (χ2v) is 10.1. The largest absolute Gasteiger partial charge is 0.490 e. The van der Waals surface area contributed by atoms with E-state index in [4.69, 9.17) is 9.47 Å². The number of rotatable bonds is 9. The molecule has 2 atom stereocenters. The normalized spacial score (nSPS) is 17.3. The molecule has 168 valence electrons.